The van der Waals surface area contributed by atoms with E-state index in [1.54, 1.807) is 0 Å². The molecule has 0 radical (unpaired) electrons. The molecule has 1 aromatic carbocycles. The van der Waals surface area contributed by atoms with Gasteiger partial charge in [0.1, 0.15) is 5.82 Å². The van der Waals surface area contributed by atoms with E-state index in [1.807, 2.05) is 0 Å². The van der Waals surface area contributed by atoms with E-state index in [1.165, 1.54) is 24.6 Å². The lowest BCUT2D eigenvalue weighted by Gasteiger charge is -2.09. The minimum Gasteiger partial charge on any atom is -0.352 e. The summed E-state index contributed by atoms with van der Waals surface area (Å²) in [5, 5.41) is 6.22. The summed E-state index contributed by atoms with van der Waals surface area (Å²) in [7, 11) is 0. The molecule has 1 heterocycles. The molecule has 1 aromatic heterocycles. The SMILES string of the molecule is NNc1c(F)cccc1C(=O)NCCc1ncon1. The predicted octanol–water partition coefficient (Wildman–Crippen LogP) is 0.467. The third kappa shape index (κ3) is 3.05. The number of carbonyl (C=O) groups is 1. The molecule has 0 spiro atoms. The maximum atomic E-state index is 13.4. The molecule has 0 fully saturated rings. The van der Waals surface area contributed by atoms with Gasteiger partial charge >= 0.3 is 0 Å². The lowest BCUT2D eigenvalue weighted by molar-refractivity contribution is 0.0954. The molecule has 0 atom stereocenters. The number of nitrogens with two attached hydrogens (primary N) is 1. The highest BCUT2D eigenvalue weighted by molar-refractivity contribution is 5.99. The van der Waals surface area contributed by atoms with Gasteiger partial charge in [-0.25, -0.2) is 4.39 Å². The van der Waals surface area contributed by atoms with Crippen molar-refractivity contribution in [1.29, 1.82) is 0 Å². The number of hydrogen-bond acceptors (Lipinski definition) is 6. The molecule has 0 saturated carbocycles. The largest absolute Gasteiger partial charge is 0.352 e. The second-order valence-electron chi connectivity index (χ2n) is 3.66. The van der Waals surface area contributed by atoms with E-state index in [-0.39, 0.29) is 11.3 Å². The van der Waals surface area contributed by atoms with Gasteiger partial charge in [-0.1, -0.05) is 11.2 Å². The number of nitrogens with one attached hydrogen (secondary N) is 2. The maximum absolute atomic E-state index is 13.4. The summed E-state index contributed by atoms with van der Waals surface area (Å²) in [5.74, 6) is 4.65. The number of nitrogen functional groups attached to an aromatic ring is 1. The first-order chi connectivity index (χ1) is 9.22. The molecule has 7 nitrogen and oxygen atoms in total. The van der Waals surface area contributed by atoms with Crippen LogP contribution in [-0.4, -0.2) is 22.6 Å². The standard InChI is InChI=1S/C11H12FN5O2/c12-8-3-1-2-7(10(8)16-13)11(18)14-5-4-9-15-6-19-17-9/h1-3,6,16H,4-5,13H2,(H,14,18). The Balaban J connectivity index is 1.98. The molecule has 0 unspecified atom stereocenters. The minimum atomic E-state index is -0.590. The van der Waals surface area contributed by atoms with Crippen LogP contribution in [0.5, 0.6) is 0 Å². The van der Waals surface area contributed by atoms with Gasteiger partial charge in [0, 0.05) is 13.0 Å². The van der Waals surface area contributed by atoms with E-state index in [9.17, 15) is 9.18 Å². The van der Waals surface area contributed by atoms with Crippen LogP contribution in [0.4, 0.5) is 10.1 Å². The molecule has 2 rings (SSSR count). The van der Waals surface area contributed by atoms with Crippen molar-refractivity contribution in [3.05, 3.63) is 41.8 Å². The Morgan fingerprint density at radius 2 is 2.32 bits per heavy atom. The third-order valence-electron chi connectivity index (χ3n) is 2.44. The quantitative estimate of drug-likeness (QED) is 0.536. The van der Waals surface area contributed by atoms with Crippen molar-refractivity contribution < 1.29 is 13.7 Å². The number of nitrogens with zero attached hydrogens (tertiary/aromatic N) is 2. The van der Waals surface area contributed by atoms with Crippen LogP contribution < -0.4 is 16.6 Å². The van der Waals surface area contributed by atoms with Crippen molar-refractivity contribution in [3.63, 3.8) is 0 Å². The normalized spacial score (nSPS) is 10.2. The second-order valence-corrected chi connectivity index (χ2v) is 3.66. The fourth-order valence-corrected chi connectivity index (χ4v) is 1.55. The van der Waals surface area contributed by atoms with Crippen LogP contribution in [0.25, 0.3) is 0 Å². The van der Waals surface area contributed by atoms with Gasteiger partial charge in [-0.3, -0.25) is 10.6 Å². The molecule has 0 saturated heterocycles. The van der Waals surface area contributed by atoms with Gasteiger partial charge in [0.05, 0.1) is 11.3 Å². The Morgan fingerprint density at radius 1 is 1.47 bits per heavy atom. The van der Waals surface area contributed by atoms with Crippen LogP contribution >= 0.6 is 0 Å². The van der Waals surface area contributed by atoms with Crippen LogP contribution in [0.2, 0.25) is 0 Å². The van der Waals surface area contributed by atoms with Crippen LogP contribution in [-0.2, 0) is 6.42 Å². The van der Waals surface area contributed by atoms with Gasteiger partial charge in [-0.05, 0) is 12.1 Å². The Hall–Kier alpha value is -2.48. The van der Waals surface area contributed by atoms with Gasteiger partial charge in [0.2, 0.25) is 6.39 Å². The first kappa shape index (κ1) is 13.0. The van der Waals surface area contributed by atoms with Gasteiger partial charge in [0.15, 0.2) is 5.82 Å². The molecule has 0 bridgehead atoms. The molecule has 0 aliphatic rings. The first-order valence-corrected chi connectivity index (χ1v) is 5.51. The molecule has 4 N–H and O–H groups in total. The van der Waals surface area contributed by atoms with Crippen molar-refractivity contribution in [2.24, 2.45) is 5.84 Å². The summed E-state index contributed by atoms with van der Waals surface area (Å²) < 4.78 is 18.0. The van der Waals surface area contributed by atoms with E-state index >= 15 is 0 Å². The summed E-state index contributed by atoms with van der Waals surface area (Å²) in [5.41, 5.74) is 2.27. The fraction of sp³-hybridized carbons (Fsp3) is 0.182. The Kier molecular flexibility index (Phi) is 4.04. The highest BCUT2D eigenvalue weighted by Gasteiger charge is 2.14. The smallest absolute Gasteiger partial charge is 0.253 e. The summed E-state index contributed by atoms with van der Waals surface area (Å²) in [6.45, 7) is 0.304. The zero-order valence-corrected chi connectivity index (χ0v) is 9.89. The molecule has 0 aliphatic heterocycles. The summed E-state index contributed by atoms with van der Waals surface area (Å²) >= 11 is 0. The van der Waals surface area contributed by atoms with E-state index in [4.69, 9.17) is 5.84 Å². The molecular weight excluding hydrogens is 253 g/mol. The molecule has 8 heteroatoms. The van der Waals surface area contributed by atoms with Crippen LogP contribution in [0.15, 0.2) is 29.1 Å². The van der Waals surface area contributed by atoms with Crippen molar-refractivity contribution in [2.45, 2.75) is 6.42 Å². The summed E-state index contributed by atoms with van der Waals surface area (Å²) in [6, 6.07) is 4.12. The molecule has 19 heavy (non-hydrogen) atoms. The Morgan fingerprint density at radius 3 is 3.00 bits per heavy atom. The zero-order valence-electron chi connectivity index (χ0n) is 9.89. The lowest BCUT2D eigenvalue weighted by Crippen LogP contribution is -2.27. The fourth-order valence-electron chi connectivity index (χ4n) is 1.55. The van der Waals surface area contributed by atoms with Crippen molar-refractivity contribution in [2.75, 3.05) is 12.0 Å². The van der Waals surface area contributed by atoms with Crippen molar-refractivity contribution >= 4 is 11.6 Å². The van der Waals surface area contributed by atoms with Crippen molar-refractivity contribution in [3.8, 4) is 0 Å². The number of hydrazine groups is 1. The Bertz CT molecular complexity index is 558. The molecular formula is C11H12FN5O2. The number of para-hydroxylation sites is 1. The number of rotatable bonds is 5. The second kappa shape index (κ2) is 5.91. The number of aromatic nitrogens is 2. The number of anilines is 1. The summed E-state index contributed by atoms with van der Waals surface area (Å²) in [4.78, 5) is 15.7. The van der Waals surface area contributed by atoms with Gasteiger partial charge < -0.3 is 15.3 Å². The van der Waals surface area contributed by atoms with E-state index in [0.29, 0.717) is 18.8 Å². The maximum Gasteiger partial charge on any atom is 0.253 e. The number of halogens is 1. The van der Waals surface area contributed by atoms with Crippen LogP contribution in [0.3, 0.4) is 0 Å². The first-order valence-electron chi connectivity index (χ1n) is 5.51. The van der Waals surface area contributed by atoms with E-state index < -0.39 is 11.7 Å². The molecule has 100 valence electrons. The lowest BCUT2D eigenvalue weighted by atomic mass is 10.1. The van der Waals surface area contributed by atoms with Gasteiger partial charge in [0.25, 0.3) is 5.91 Å². The molecule has 1 amide bonds. The van der Waals surface area contributed by atoms with Crippen LogP contribution in [0.1, 0.15) is 16.2 Å². The van der Waals surface area contributed by atoms with E-state index in [0.717, 1.165) is 0 Å². The number of carbonyl (C=O) groups excluding carboxylic acids is 1. The average molecular weight is 265 g/mol. The zero-order chi connectivity index (χ0) is 13.7. The average Bonchev–Trinajstić information content (AvgIpc) is 2.91. The molecule has 0 aliphatic carbocycles. The van der Waals surface area contributed by atoms with Crippen molar-refractivity contribution in [1.82, 2.24) is 15.5 Å². The molecule has 2 aromatic rings. The monoisotopic (exact) mass is 265 g/mol. The van der Waals surface area contributed by atoms with Crippen LogP contribution in [0, 0.1) is 5.82 Å². The predicted molar refractivity (Wildman–Crippen MR) is 64.5 cm³/mol. The number of amides is 1. The number of benzene rings is 1. The highest BCUT2D eigenvalue weighted by atomic mass is 19.1. The number of hydrogen-bond donors (Lipinski definition) is 3. The third-order valence-corrected chi connectivity index (χ3v) is 2.44. The summed E-state index contributed by atoms with van der Waals surface area (Å²) in [6.07, 6.45) is 1.63. The van der Waals surface area contributed by atoms with E-state index in [2.05, 4.69) is 25.4 Å². The minimum absolute atomic E-state index is 0.0421. The van der Waals surface area contributed by atoms with Gasteiger partial charge in [-0.2, -0.15) is 4.98 Å². The highest BCUT2D eigenvalue weighted by Crippen LogP contribution is 2.18. The Labute approximate surface area is 108 Å². The van der Waals surface area contributed by atoms with Gasteiger partial charge in [-0.15, -0.1) is 0 Å². The topological polar surface area (TPSA) is 106 Å².